The zero-order chi connectivity index (χ0) is 9.84. The van der Waals surface area contributed by atoms with Gasteiger partial charge in [0, 0.05) is 6.54 Å². The number of morpholine rings is 1. The maximum atomic E-state index is 11.7. The van der Waals surface area contributed by atoms with Crippen LogP contribution in [0.25, 0.3) is 0 Å². The first kappa shape index (κ1) is 10.5. The van der Waals surface area contributed by atoms with Crippen molar-refractivity contribution in [3.05, 3.63) is 0 Å². The second kappa shape index (κ2) is 4.58. The lowest BCUT2D eigenvalue weighted by molar-refractivity contribution is -0.140. The maximum absolute atomic E-state index is 11.7. The predicted molar refractivity (Wildman–Crippen MR) is 50.3 cm³/mol. The summed E-state index contributed by atoms with van der Waals surface area (Å²) < 4.78 is 5.24. The molecule has 0 saturated carbocycles. The van der Waals surface area contributed by atoms with E-state index in [1.807, 2.05) is 18.7 Å². The minimum Gasteiger partial charge on any atom is -0.377 e. The summed E-state index contributed by atoms with van der Waals surface area (Å²) in [6.45, 7) is 5.84. The summed E-state index contributed by atoms with van der Waals surface area (Å²) in [5, 5.41) is 0. The van der Waals surface area contributed by atoms with Gasteiger partial charge in [-0.2, -0.15) is 0 Å². The minimum absolute atomic E-state index is 0.0540. The molecule has 0 radical (unpaired) electrons. The SMILES string of the molecule is CCC(N)C(=O)N1CCOC[C@H]1C. The van der Waals surface area contributed by atoms with Gasteiger partial charge >= 0.3 is 0 Å². The molecule has 1 rings (SSSR count). The maximum Gasteiger partial charge on any atom is 0.239 e. The Morgan fingerprint density at radius 3 is 3.00 bits per heavy atom. The Balaban J connectivity index is 2.53. The molecule has 1 aliphatic heterocycles. The molecule has 1 heterocycles. The van der Waals surface area contributed by atoms with Crippen LogP contribution in [0.2, 0.25) is 0 Å². The van der Waals surface area contributed by atoms with E-state index in [1.165, 1.54) is 0 Å². The summed E-state index contributed by atoms with van der Waals surface area (Å²) in [5.41, 5.74) is 5.68. The van der Waals surface area contributed by atoms with Crippen LogP contribution in [0.3, 0.4) is 0 Å². The Kier molecular flexibility index (Phi) is 3.69. The molecule has 0 aromatic rings. The molecule has 1 saturated heterocycles. The van der Waals surface area contributed by atoms with Crippen LogP contribution in [-0.2, 0) is 9.53 Å². The first-order chi connectivity index (χ1) is 6.16. The van der Waals surface area contributed by atoms with Crippen molar-refractivity contribution >= 4 is 5.91 Å². The van der Waals surface area contributed by atoms with Crippen molar-refractivity contribution < 1.29 is 9.53 Å². The van der Waals surface area contributed by atoms with E-state index in [0.717, 1.165) is 0 Å². The Morgan fingerprint density at radius 2 is 2.46 bits per heavy atom. The van der Waals surface area contributed by atoms with Gasteiger partial charge in [0.25, 0.3) is 0 Å². The highest BCUT2D eigenvalue weighted by atomic mass is 16.5. The van der Waals surface area contributed by atoms with Crippen molar-refractivity contribution in [2.24, 2.45) is 5.73 Å². The highest BCUT2D eigenvalue weighted by Gasteiger charge is 2.26. The summed E-state index contributed by atoms with van der Waals surface area (Å²) in [5.74, 6) is 0.0540. The van der Waals surface area contributed by atoms with E-state index < -0.39 is 0 Å². The van der Waals surface area contributed by atoms with E-state index in [4.69, 9.17) is 10.5 Å². The van der Waals surface area contributed by atoms with Crippen molar-refractivity contribution in [2.75, 3.05) is 19.8 Å². The fourth-order valence-corrected chi connectivity index (χ4v) is 1.44. The first-order valence-corrected chi connectivity index (χ1v) is 4.80. The molecule has 4 nitrogen and oxygen atoms in total. The van der Waals surface area contributed by atoms with Gasteiger partial charge in [0.05, 0.1) is 25.3 Å². The van der Waals surface area contributed by atoms with Crippen LogP contribution < -0.4 is 5.73 Å². The summed E-state index contributed by atoms with van der Waals surface area (Å²) in [6.07, 6.45) is 0.697. The highest BCUT2D eigenvalue weighted by Crippen LogP contribution is 2.08. The van der Waals surface area contributed by atoms with Crippen molar-refractivity contribution in [1.82, 2.24) is 4.90 Å². The number of rotatable bonds is 2. The third kappa shape index (κ3) is 2.42. The van der Waals surface area contributed by atoms with Gasteiger partial charge in [0.15, 0.2) is 0 Å². The smallest absolute Gasteiger partial charge is 0.239 e. The number of hydrogen-bond donors (Lipinski definition) is 1. The standard InChI is InChI=1S/C9H18N2O2/c1-3-8(10)9(12)11-4-5-13-6-7(11)2/h7-8H,3-6,10H2,1-2H3/t7-,8?/m1/s1. The van der Waals surface area contributed by atoms with Gasteiger partial charge in [-0.25, -0.2) is 0 Å². The van der Waals surface area contributed by atoms with Crippen LogP contribution in [0, 0.1) is 0 Å². The van der Waals surface area contributed by atoms with E-state index in [9.17, 15) is 4.79 Å². The van der Waals surface area contributed by atoms with Gasteiger partial charge < -0.3 is 15.4 Å². The van der Waals surface area contributed by atoms with Crippen molar-refractivity contribution in [3.63, 3.8) is 0 Å². The van der Waals surface area contributed by atoms with E-state index in [-0.39, 0.29) is 18.0 Å². The van der Waals surface area contributed by atoms with Crippen LogP contribution in [-0.4, -0.2) is 42.6 Å². The van der Waals surface area contributed by atoms with Crippen molar-refractivity contribution in [2.45, 2.75) is 32.4 Å². The molecular weight excluding hydrogens is 168 g/mol. The van der Waals surface area contributed by atoms with Gasteiger partial charge in [-0.1, -0.05) is 6.92 Å². The van der Waals surface area contributed by atoms with Crippen LogP contribution in [0.4, 0.5) is 0 Å². The zero-order valence-electron chi connectivity index (χ0n) is 8.32. The number of amides is 1. The van der Waals surface area contributed by atoms with Crippen molar-refractivity contribution in [3.8, 4) is 0 Å². The highest BCUT2D eigenvalue weighted by molar-refractivity contribution is 5.81. The first-order valence-electron chi connectivity index (χ1n) is 4.80. The molecule has 1 aliphatic rings. The number of carbonyl (C=O) groups excluding carboxylic acids is 1. The van der Waals surface area contributed by atoms with Gasteiger partial charge in [-0.15, -0.1) is 0 Å². The second-order valence-corrected chi connectivity index (χ2v) is 3.47. The molecule has 0 spiro atoms. The van der Waals surface area contributed by atoms with E-state index >= 15 is 0 Å². The normalized spacial score (nSPS) is 25.8. The predicted octanol–water partition coefficient (Wildman–Crippen LogP) is -0.0290. The summed E-state index contributed by atoms with van der Waals surface area (Å²) in [7, 11) is 0. The molecule has 0 bridgehead atoms. The molecule has 13 heavy (non-hydrogen) atoms. The monoisotopic (exact) mass is 186 g/mol. The fourth-order valence-electron chi connectivity index (χ4n) is 1.44. The lowest BCUT2D eigenvalue weighted by Gasteiger charge is -2.34. The molecule has 2 atom stereocenters. The van der Waals surface area contributed by atoms with E-state index in [0.29, 0.717) is 26.2 Å². The van der Waals surface area contributed by atoms with Crippen LogP contribution in [0.1, 0.15) is 20.3 Å². The van der Waals surface area contributed by atoms with Gasteiger partial charge in [0.2, 0.25) is 5.91 Å². The quantitative estimate of drug-likeness (QED) is 0.659. The molecule has 1 fully saturated rings. The molecular formula is C9H18N2O2. The minimum atomic E-state index is -0.347. The third-order valence-corrected chi connectivity index (χ3v) is 2.41. The van der Waals surface area contributed by atoms with Gasteiger partial charge in [-0.3, -0.25) is 4.79 Å². The topological polar surface area (TPSA) is 55.6 Å². The number of nitrogens with two attached hydrogens (primary N) is 1. The van der Waals surface area contributed by atoms with Crippen LogP contribution in [0.5, 0.6) is 0 Å². The van der Waals surface area contributed by atoms with Crippen molar-refractivity contribution in [1.29, 1.82) is 0 Å². The molecule has 76 valence electrons. The molecule has 0 aromatic carbocycles. The van der Waals surface area contributed by atoms with E-state index in [2.05, 4.69) is 0 Å². The molecule has 2 N–H and O–H groups in total. The van der Waals surface area contributed by atoms with E-state index in [1.54, 1.807) is 0 Å². The second-order valence-electron chi connectivity index (χ2n) is 3.47. The average molecular weight is 186 g/mol. The lowest BCUT2D eigenvalue weighted by Crippen LogP contribution is -2.52. The Morgan fingerprint density at radius 1 is 1.77 bits per heavy atom. The number of hydrogen-bond acceptors (Lipinski definition) is 3. The molecule has 0 aromatic heterocycles. The number of ether oxygens (including phenoxy) is 1. The lowest BCUT2D eigenvalue weighted by atomic mass is 10.1. The average Bonchev–Trinajstić information content (AvgIpc) is 2.16. The summed E-state index contributed by atoms with van der Waals surface area (Å²) in [6, 6.07) is -0.181. The summed E-state index contributed by atoms with van der Waals surface area (Å²) >= 11 is 0. The number of carbonyl (C=O) groups is 1. The van der Waals surface area contributed by atoms with Gasteiger partial charge in [-0.05, 0) is 13.3 Å². The van der Waals surface area contributed by atoms with Gasteiger partial charge in [0.1, 0.15) is 0 Å². The number of nitrogens with zero attached hydrogens (tertiary/aromatic N) is 1. The molecule has 1 unspecified atom stereocenters. The Bertz CT molecular complexity index is 184. The fraction of sp³-hybridized carbons (Fsp3) is 0.889. The molecule has 4 heteroatoms. The molecule has 0 aliphatic carbocycles. The third-order valence-electron chi connectivity index (χ3n) is 2.41. The molecule has 1 amide bonds. The largest absolute Gasteiger partial charge is 0.377 e. The van der Waals surface area contributed by atoms with Crippen LogP contribution >= 0.6 is 0 Å². The Hall–Kier alpha value is -0.610. The Labute approximate surface area is 79.0 Å². The summed E-state index contributed by atoms with van der Waals surface area (Å²) in [4.78, 5) is 13.5. The van der Waals surface area contributed by atoms with Crippen LogP contribution in [0.15, 0.2) is 0 Å². The zero-order valence-corrected chi connectivity index (χ0v) is 8.32.